The summed E-state index contributed by atoms with van der Waals surface area (Å²) in [6.45, 7) is 2.01. The third kappa shape index (κ3) is 3.35. The third-order valence-electron chi connectivity index (χ3n) is 5.21. The van der Waals surface area contributed by atoms with Crippen LogP contribution in [0.1, 0.15) is 17.3 Å². The Hall–Kier alpha value is -3.94. The lowest BCUT2D eigenvalue weighted by Gasteiger charge is -2.11. The zero-order chi connectivity index (χ0) is 22.3. The van der Waals surface area contributed by atoms with Crippen LogP contribution in [0.25, 0.3) is 27.8 Å². The number of aryl methyl sites for hydroxylation is 1. The number of ether oxygens (including phenoxy) is 1. The Balaban J connectivity index is 2.02. The van der Waals surface area contributed by atoms with Crippen molar-refractivity contribution in [3.63, 3.8) is 0 Å². The molecule has 2 heterocycles. The molecule has 0 N–H and O–H groups in total. The van der Waals surface area contributed by atoms with Crippen LogP contribution in [0.2, 0.25) is 0 Å². The van der Waals surface area contributed by atoms with Crippen LogP contribution >= 0.6 is 0 Å². The summed E-state index contributed by atoms with van der Waals surface area (Å²) in [6.07, 6.45) is 1.69. The van der Waals surface area contributed by atoms with E-state index in [-0.39, 0.29) is 6.61 Å². The molecule has 0 saturated carbocycles. The van der Waals surface area contributed by atoms with E-state index in [0.29, 0.717) is 33.4 Å². The Morgan fingerprint density at radius 2 is 1.61 bits per heavy atom. The monoisotopic (exact) mass is 421 g/mol. The predicted molar refractivity (Wildman–Crippen MR) is 115 cm³/mol. The summed E-state index contributed by atoms with van der Waals surface area (Å²) in [4.78, 5) is 37.4. The average molecular weight is 421 g/mol. The number of nitrogens with zero attached hydrogens (tertiary/aromatic N) is 3. The zero-order valence-electron chi connectivity index (χ0n) is 17.3. The maximum Gasteiger partial charge on any atom is 0.338 e. The summed E-state index contributed by atoms with van der Waals surface area (Å²) >= 11 is 0. The van der Waals surface area contributed by atoms with Gasteiger partial charge in [-0.15, -0.1) is 0 Å². The second-order valence-corrected chi connectivity index (χ2v) is 7.09. The summed E-state index contributed by atoms with van der Waals surface area (Å²) in [5.74, 6) is -0.827. The van der Waals surface area contributed by atoms with Gasteiger partial charge in [0.2, 0.25) is 0 Å². The van der Waals surface area contributed by atoms with Crippen molar-refractivity contribution in [2.24, 2.45) is 14.1 Å². The standard InChI is InChI=1S/C23H20FN3O4/c1-4-31-22(29)15-7-11-17(12-8-15)27-13-18-19(21(28)26(3)23(30)25(18)2)20(27)14-5-9-16(24)10-6-14/h5-13H,4H2,1-3H3. The largest absolute Gasteiger partial charge is 0.462 e. The molecule has 0 unspecified atom stereocenters. The summed E-state index contributed by atoms with van der Waals surface area (Å²) in [6, 6.07) is 12.5. The summed E-state index contributed by atoms with van der Waals surface area (Å²) in [7, 11) is 3.01. The van der Waals surface area contributed by atoms with Crippen molar-refractivity contribution in [3.8, 4) is 16.9 Å². The fraction of sp³-hybridized carbons (Fsp3) is 0.174. The van der Waals surface area contributed by atoms with E-state index in [2.05, 4.69) is 0 Å². The minimum atomic E-state index is -0.446. The number of aromatic nitrogens is 3. The maximum absolute atomic E-state index is 13.5. The van der Waals surface area contributed by atoms with Crippen molar-refractivity contribution in [2.45, 2.75) is 6.92 Å². The van der Waals surface area contributed by atoms with Crippen LogP contribution in [0, 0.1) is 5.82 Å². The maximum atomic E-state index is 13.5. The van der Waals surface area contributed by atoms with Gasteiger partial charge in [0, 0.05) is 26.0 Å². The molecule has 0 radical (unpaired) electrons. The molecule has 0 aliphatic heterocycles. The molecule has 158 valence electrons. The van der Waals surface area contributed by atoms with E-state index in [0.717, 1.165) is 4.57 Å². The quantitative estimate of drug-likeness (QED) is 0.475. The first-order valence-corrected chi connectivity index (χ1v) is 9.68. The Labute approximate surface area is 176 Å². The van der Waals surface area contributed by atoms with Gasteiger partial charge >= 0.3 is 11.7 Å². The Morgan fingerprint density at radius 1 is 0.968 bits per heavy atom. The van der Waals surface area contributed by atoms with E-state index in [1.807, 2.05) is 0 Å². The van der Waals surface area contributed by atoms with E-state index in [1.165, 1.54) is 23.7 Å². The van der Waals surface area contributed by atoms with Crippen LogP contribution in [-0.2, 0) is 18.8 Å². The van der Waals surface area contributed by atoms with Gasteiger partial charge in [0.15, 0.2) is 0 Å². The average Bonchev–Trinajstić information content (AvgIpc) is 3.18. The number of esters is 1. The van der Waals surface area contributed by atoms with Crippen LogP contribution in [-0.4, -0.2) is 26.3 Å². The molecule has 8 heteroatoms. The Kier molecular flexibility index (Phi) is 5.06. The van der Waals surface area contributed by atoms with Crippen LogP contribution < -0.4 is 11.2 Å². The lowest BCUT2D eigenvalue weighted by Crippen LogP contribution is -2.36. The molecule has 0 atom stereocenters. The van der Waals surface area contributed by atoms with Gasteiger partial charge in [-0.05, 0) is 61.0 Å². The highest BCUT2D eigenvalue weighted by Crippen LogP contribution is 2.31. The first-order chi connectivity index (χ1) is 14.8. The highest BCUT2D eigenvalue weighted by Gasteiger charge is 2.20. The summed E-state index contributed by atoms with van der Waals surface area (Å²) in [5, 5.41) is 0.339. The highest BCUT2D eigenvalue weighted by molar-refractivity contribution is 5.95. The Bertz CT molecular complexity index is 1410. The van der Waals surface area contributed by atoms with Crippen molar-refractivity contribution in [1.29, 1.82) is 0 Å². The molecule has 4 rings (SSSR count). The van der Waals surface area contributed by atoms with Gasteiger partial charge in [0.1, 0.15) is 5.82 Å². The van der Waals surface area contributed by atoms with E-state index in [9.17, 15) is 18.8 Å². The van der Waals surface area contributed by atoms with E-state index in [1.54, 1.807) is 61.1 Å². The molecular weight excluding hydrogens is 401 g/mol. The van der Waals surface area contributed by atoms with Crippen molar-refractivity contribution in [1.82, 2.24) is 13.7 Å². The second-order valence-electron chi connectivity index (χ2n) is 7.09. The number of hydrogen-bond acceptors (Lipinski definition) is 4. The van der Waals surface area contributed by atoms with Gasteiger partial charge in [-0.2, -0.15) is 0 Å². The molecule has 0 aliphatic carbocycles. The fourth-order valence-corrected chi connectivity index (χ4v) is 3.61. The van der Waals surface area contributed by atoms with Gasteiger partial charge < -0.3 is 9.30 Å². The Morgan fingerprint density at radius 3 is 2.23 bits per heavy atom. The second kappa shape index (κ2) is 7.71. The smallest absolute Gasteiger partial charge is 0.338 e. The normalized spacial score (nSPS) is 11.1. The molecule has 4 aromatic rings. The van der Waals surface area contributed by atoms with Crippen molar-refractivity contribution in [3.05, 3.63) is 86.9 Å². The number of carbonyl (C=O) groups excluding carboxylic acids is 1. The van der Waals surface area contributed by atoms with Gasteiger partial charge in [0.05, 0.1) is 28.8 Å². The molecule has 0 bridgehead atoms. The first-order valence-electron chi connectivity index (χ1n) is 9.68. The molecule has 2 aromatic carbocycles. The minimum Gasteiger partial charge on any atom is -0.462 e. The molecular formula is C23H20FN3O4. The fourth-order valence-electron chi connectivity index (χ4n) is 3.61. The molecule has 2 aromatic heterocycles. The molecule has 0 saturated heterocycles. The summed E-state index contributed by atoms with van der Waals surface area (Å²) in [5.41, 5.74) is 1.75. The number of benzene rings is 2. The van der Waals surface area contributed by atoms with Gasteiger partial charge in [-0.3, -0.25) is 13.9 Å². The minimum absolute atomic E-state index is 0.273. The first kappa shape index (κ1) is 20.3. The van der Waals surface area contributed by atoms with E-state index < -0.39 is 23.0 Å². The van der Waals surface area contributed by atoms with Crippen LogP contribution in [0.5, 0.6) is 0 Å². The van der Waals surface area contributed by atoms with Gasteiger partial charge in [-0.25, -0.2) is 14.0 Å². The molecule has 0 fully saturated rings. The van der Waals surface area contributed by atoms with E-state index >= 15 is 0 Å². The van der Waals surface area contributed by atoms with E-state index in [4.69, 9.17) is 4.74 Å². The molecule has 0 aliphatic rings. The number of hydrogen-bond donors (Lipinski definition) is 0. The lowest BCUT2D eigenvalue weighted by atomic mass is 10.1. The molecule has 0 spiro atoms. The number of carbonyl (C=O) groups is 1. The number of fused-ring (bicyclic) bond motifs is 1. The topological polar surface area (TPSA) is 75.2 Å². The van der Waals surface area contributed by atoms with Crippen LogP contribution in [0.4, 0.5) is 4.39 Å². The van der Waals surface area contributed by atoms with Gasteiger partial charge in [0.25, 0.3) is 5.56 Å². The van der Waals surface area contributed by atoms with Gasteiger partial charge in [-0.1, -0.05) is 0 Å². The molecule has 7 nitrogen and oxygen atoms in total. The van der Waals surface area contributed by atoms with Crippen molar-refractivity contribution in [2.75, 3.05) is 6.61 Å². The predicted octanol–water partition coefficient (Wildman–Crippen LogP) is 3.01. The SMILES string of the molecule is CCOC(=O)c1ccc(-n2cc3c(c2-c2ccc(F)cc2)c(=O)n(C)c(=O)n3C)cc1. The highest BCUT2D eigenvalue weighted by atomic mass is 19.1. The van der Waals surface area contributed by atoms with Crippen LogP contribution in [0.3, 0.4) is 0 Å². The molecule has 0 amide bonds. The van der Waals surface area contributed by atoms with Crippen molar-refractivity contribution >= 4 is 16.9 Å². The number of halogens is 1. The summed E-state index contributed by atoms with van der Waals surface area (Å²) < 4.78 is 22.8. The lowest BCUT2D eigenvalue weighted by molar-refractivity contribution is 0.0526. The zero-order valence-corrected chi connectivity index (χ0v) is 17.3. The molecule has 31 heavy (non-hydrogen) atoms. The third-order valence-corrected chi connectivity index (χ3v) is 5.21. The van der Waals surface area contributed by atoms with Crippen LogP contribution in [0.15, 0.2) is 64.3 Å². The van der Waals surface area contributed by atoms with Crippen molar-refractivity contribution < 1.29 is 13.9 Å². The number of rotatable bonds is 4.